The maximum Gasteiger partial charge on any atom is 0.250 e. The average Bonchev–Trinajstić information content (AvgIpc) is 2.64. The van der Waals surface area contributed by atoms with Crippen molar-refractivity contribution in [3.05, 3.63) is 59.0 Å². The largest absolute Gasteiger partial charge is 0.324 e. The van der Waals surface area contributed by atoms with E-state index in [1.54, 1.807) is 24.3 Å². The number of aromatic nitrogens is 1. The van der Waals surface area contributed by atoms with E-state index in [0.29, 0.717) is 18.8 Å². The molecule has 1 aliphatic heterocycles. The summed E-state index contributed by atoms with van der Waals surface area (Å²) in [4.78, 5) is 24.0. The predicted molar refractivity (Wildman–Crippen MR) is 98.4 cm³/mol. The van der Waals surface area contributed by atoms with E-state index in [1.165, 1.54) is 33.3 Å². The molecule has 0 saturated carbocycles. The first-order valence-corrected chi connectivity index (χ1v) is 9.96. The molecule has 2 aromatic rings. The number of sulfonamides is 1. The summed E-state index contributed by atoms with van der Waals surface area (Å²) in [5.74, 6) is -0.397. The number of hydrogen-bond donors (Lipinski definition) is 1. The Balaban J connectivity index is 1.74. The quantitative estimate of drug-likeness (QED) is 0.861. The zero-order valence-corrected chi connectivity index (χ0v) is 15.1. The SMILES string of the molecule is O=C(Cn1ccccc1=O)Nc1cccc(S(=O)(=O)N2CCCCC2)c1. The van der Waals surface area contributed by atoms with Gasteiger partial charge in [-0.1, -0.05) is 18.6 Å². The van der Waals surface area contributed by atoms with Gasteiger partial charge in [0.1, 0.15) is 6.54 Å². The smallest absolute Gasteiger partial charge is 0.250 e. The van der Waals surface area contributed by atoms with Gasteiger partial charge < -0.3 is 9.88 Å². The van der Waals surface area contributed by atoms with Gasteiger partial charge in [0, 0.05) is 31.0 Å². The van der Waals surface area contributed by atoms with Crippen LogP contribution >= 0.6 is 0 Å². The monoisotopic (exact) mass is 375 g/mol. The standard InChI is InChI=1S/C18H21N3O4S/c22-17(14-20-10-5-2-9-18(20)23)19-15-7-6-8-16(13-15)26(24,25)21-11-3-1-4-12-21/h2,5-10,13H,1,3-4,11-12,14H2,(H,19,22). The fourth-order valence-corrected chi connectivity index (χ4v) is 4.50. The van der Waals surface area contributed by atoms with Crippen molar-refractivity contribution in [1.29, 1.82) is 0 Å². The number of piperidine rings is 1. The second-order valence-electron chi connectivity index (χ2n) is 6.21. The molecule has 1 amide bonds. The molecule has 26 heavy (non-hydrogen) atoms. The van der Waals surface area contributed by atoms with Crippen molar-refractivity contribution in [2.45, 2.75) is 30.7 Å². The minimum atomic E-state index is -3.56. The van der Waals surface area contributed by atoms with E-state index < -0.39 is 15.9 Å². The van der Waals surface area contributed by atoms with Crippen LogP contribution in [0.3, 0.4) is 0 Å². The molecule has 0 radical (unpaired) electrons. The molecule has 0 spiro atoms. The number of nitrogens with one attached hydrogen (secondary N) is 1. The molecule has 3 rings (SSSR count). The fourth-order valence-electron chi connectivity index (χ4n) is 2.94. The molecular formula is C18H21N3O4S. The molecule has 7 nitrogen and oxygen atoms in total. The van der Waals surface area contributed by atoms with Crippen LogP contribution in [0, 0.1) is 0 Å². The van der Waals surface area contributed by atoms with Gasteiger partial charge in [0.15, 0.2) is 0 Å². The Bertz CT molecular complexity index is 947. The predicted octanol–water partition coefficient (Wildman–Crippen LogP) is 1.66. The van der Waals surface area contributed by atoms with E-state index in [4.69, 9.17) is 0 Å². The van der Waals surface area contributed by atoms with Crippen molar-refractivity contribution < 1.29 is 13.2 Å². The van der Waals surface area contributed by atoms with Crippen LogP contribution in [0.4, 0.5) is 5.69 Å². The first-order valence-electron chi connectivity index (χ1n) is 8.52. The normalized spacial score (nSPS) is 15.5. The summed E-state index contributed by atoms with van der Waals surface area (Å²) in [5.41, 5.74) is 0.112. The van der Waals surface area contributed by atoms with Gasteiger partial charge in [-0.3, -0.25) is 9.59 Å². The number of benzene rings is 1. The van der Waals surface area contributed by atoms with Crippen LogP contribution in [0.2, 0.25) is 0 Å². The Labute approximate surface area is 152 Å². The third kappa shape index (κ3) is 4.20. The van der Waals surface area contributed by atoms with E-state index in [1.807, 2.05) is 0 Å². The topological polar surface area (TPSA) is 88.5 Å². The third-order valence-corrected chi connectivity index (χ3v) is 6.18. The van der Waals surface area contributed by atoms with Crippen molar-refractivity contribution >= 4 is 21.6 Å². The van der Waals surface area contributed by atoms with Gasteiger partial charge in [-0.05, 0) is 37.1 Å². The Morgan fingerprint density at radius 2 is 1.81 bits per heavy atom. The molecule has 0 bridgehead atoms. The number of rotatable bonds is 5. The highest BCUT2D eigenvalue weighted by Gasteiger charge is 2.26. The van der Waals surface area contributed by atoms with Crippen LogP contribution < -0.4 is 10.9 Å². The van der Waals surface area contributed by atoms with E-state index in [9.17, 15) is 18.0 Å². The number of hydrogen-bond acceptors (Lipinski definition) is 4. The second kappa shape index (κ2) is 7.84. The summed E-state index contributed by atoms with van der Waals surface area (Å²) >= 11 is 0. The van der Waals surface area contributed by atoms with Gasteiger partial charge in [0.2, 0.25) is 15.9 Å². The van der Waals surface area contributed by atoms with Crippen molar-refractivity contribution in [3.63, 3.8) is 0 Å². The number of pyridine rings is 1. The first-order chi connectivity index (χ1) is 12.5. The van der Waals surface area contributed by atoms with E-state index in [2.05, 4.69) is 5.32 Å². The summed E-state index contributed by atoms with van der Waals surface area (Å²) in [6.45, 7) is 0.911. The summed E-state index contributed by atoms with van der Waals surface area (Å²) in [6, 6.07) is 10.9. The molecule has 2 heterocycles. The summed E-state index contributed by atoms with van der Waals surface area (Å²) in [6.07, 6.45) is 4.29. The van der Waals surface area contributed by atoms with Crippen molar-refractivity contribution in [3.8, 4) is 0 Å². The molecular weight excluding hydrogens is 354 g/mol. The van der Waals surface area contributed by atoms with Gasteiger partial charge in [-0.2, -0.15) is 4.31 Å². The zero-order valence-electron chi connectivity index (χ0n) is 14.3. The minimum absolute atomic E-state index is 0.136. The van der Waals surface area contributed by atoms with Crippen molar-refractivity contribution in [2.24, 2.45) is 0 Å². The van der Waals surface area contributed by atoms with Crippen LogP contribution in [0.15, 0.2) is 58.4 Å². The second-order valence-corrected chi connectivity index (χ2v) is 8.15. The zero-order chi connectivity index (χ0) is 18.6. The number of carbonyl (C=O) groups excluding carboxylic acids is 1. The van der Waals surface area contributed by atoms with E-state index >= 15 is 0 Å². The lowest BCUT2D eigenvalue weighted by Gasteiger charge is -2.26. The first kappa shape index (κ1) is 18.3. The Hall–Kier alpha value is -2.45. The third-order valence-electron chi connectivity index (χ3n) is 4.28. The molecule has 0 atom stereocenters. The lowest BCUT2D eigenvalue weighted by atomic mass is 10.2. The number of amides is 1. The maximum atomic E-state index is 12.7. The van der Waals surface area contributed by atoms with Gasteiger partial charge in [-0.15, -0.1) is 0 Å². The van der Waals surface area contributed by atoms with Gasteiger partial charge >= 0.3 is 0 Å². The number of anilines is 1. The molecule has 0 aliphatic carbocycles. The molecule has 138 valence electrons. The van der Waals surface area contributed by atoms with Gasteiger partial charge in [0.05, 0.1) is 4.90 Å². The maximum absolute atomic E-state index is 12.7. The van der Waals surface area contributed by atoms with Crippen LogP contribution in [0.5, 0.6) is 0 Å². The van der Waals surface area contributed by atoms with Gasteiger partial charge in [-0.25, -0.2) is 8.42 Å². The highest BCUT2D eigenvalue weighted by atomic mass is 32.2. The Kier molecular flexibility index (Phi) is 5.53. The minimum Gasteiger partial charge on any atom is -0.324 e. The molecule has 1 saturated heterocycles. The van der Waals surface area contributed by atoms with Crippen molar-refractivity contribution in [1.82, 2.24) is 8.87 Å². The molecule has 1 N–H and O–H groups in total. The molecule has 8 heteroatoms. The summed E-state index contributed by atoms with van der Waals surface area (Å²) in [7, 11) is -3.56. The molecule has 1 aliphatic rings. The van der Waals surface area contributed by atoms with E-state index in [-0.39, 0.29) is 17.0 Å². The Morgan fingerprint density at radius 1 is 1.04 bits per heavy atom. The van der Waals surface area contributed by atoms with E-state index in [0.717, 1.165) is 19.3 Å². The number of nitrogens with zero attached hydrogens (tertiary/aromatic N) is 2. The van der Waals surface area contributed by atoms with Crippen LogP contribution in [0.1, 0.15) is 19.3 Å². The van der Waals surface area contributed by atoms with Crippen LogP contribution in [-0.2, 0) is 21.4 Å². The lowest BCUT2D eigenvalue weighted by Crippen LogP contribution is -2.35. The highest BCUT2D eigenvalue weighted by molar-refractivity contribution is 7.89. The highest BCUT2D eigenvalue weighted by Crippen LogP contribution is 2.22. The fraction of sp³-hybridized carbons (Fsp3) is 0.333. The molecule has 1 aromatic heterocycles. The van der Waals surface area contributed by atoms with Crippen LogP contribution in [-0.4, -0.2) is 36.3 Å². The van der Waals surface area contributed by atoms with Crippen LogP contribution in [0.25, 0.3) is 0 Å². The molecule has 0 unspecified atom stereocenters. The molecule has 1 fully saturated rings. The summed E-state index contributed by atoms with van der Waals surface area (Å²) < 4.78 is 28.2. The van der Waals surface area contributed by atoms with Crippen molar-refractivity contribution in [2.75, 3.05) is 18.4 Å². The average molecular weight is 375 g/mol. The number of carbonyl (C=O) groups is 1. The lowest BCUT2D eigenvalue weighted by molar-refractivity contribution is -0.116. The molecule has 1 aromatic carbocycles. The summed E-state index contributed by atoms with van der Waals surface area (Å²) in [5, 5.41) is 2.65. The van der Waals surface area contributed by atoms with Gasteiger partial charge in [0.25, 0.3) is 5.56 Å². The Morgan fingerprint density at radius 3 is 2.54 bits per heavy atom.